The lowest BCUT2D eigenvalue weighted by atomic mass is 10.2. The average molecular weight is 230 g/mol. The molecule has 0 radical (unpaired) electrons. The number of nitrogens with two attached hydrogens (primary N) is 1. The van der Waals surface area contributed by atoms with Gasteiger partial charge in [-0.15, -0.1) is 0 Å². The molecule has 4 heteroatoms. The normalized spacial score (nSPS) is 9.86. The third-order valence-electron chi connectivity index (χ3n) is 1.68. The fourth-order valence-corrected chi connectivity index (χ4v) is 1.51. The van der Waals surface area contributed by atoms with Crippen LogP contribution < -0.4 is 10.5 Å². The first-order chi connectivity index (χ1) is 6.65. The van der Waals surface area contributed by atoms with E-state index in [0.29, 0.717) is 22.2 Å². The Morgan fingerprint density at radius 2 is 2.29 bits per heavy atom. The Balaban J connectivity index is 2.83. The molecule has 0 fully saturated rings. The minimum Gasteiger partial charge on any atom is -0.494 e. The topological polar surface area (TPSA) is 35.2 Å². The molecule has 0 atom stereocenters. The molecule has 0 aliphatic rings. The lowest BCUT2D eigenvalue weighted by molar-refractivity contribution is 0.317. The SMILES string of the molecule is CCCOc1ccc(C(N)=S)c(Cl)c1. The van der Waals surface area contributed by atoms with Crippen molar-refractivity contribution in [3.63, 3.8) is 0 Å². The van der Waals surface area contributed by atoms with Gasteiger partial charge in [-0.05, 0) is 24.6 Å². The molecule has 1 aromatic carbocycles. The molecule has 0 saturated heterocycles. The van der Waals surface area contributed by atoms with E-state index in [1.165, 1.54) is 0 Å². The van der Waals surface area contributed by atoms with Crippen LogP contribution >= 0.6 is 23.8 Å². The van der Waals surface area contributed by atoms with Crippen LogP contribution in [0.1, 0.15) is 18.9 Å². The van der Waals surface area contributed by atoms with E-state index in [-0.39, 0.29) is 0 Å². The smallest absolute Gasteiger partial charge is 0.120 e. The summed E-state index contributed by atoms with van der Waals surface area (Å²) >= 11 is 10.8. The Labute approximate surface area is 94.0 Å². The molecule has 0 aliphatic carbocycles. The zero-order valence-corrected chi connectivity index (χ0v) is 9.49. The van der Waals surface area contributed by atoms with Gasteiger partial charge in [0.1, 0.15) is 10.7 Å². The number of ether oxygens (including phenoxy) is 1. The van der Waals surface area contributed by atoms with Gasteiger partial charge in [-0.25, -0.2) is 0 Å². The molecule has 0 aliphatic heterocycles. The molecule has 0 aromatic heterocycles. The van der Waals surface area contributed by atoms with Crippen LogP contribution in [0.15, 0.2) is 18.2 Å². The summed E-state index contributed by atoms with van der Waals surface area (Å²) in [5.41, 5.74) is 6.16. The van der Waals surface area contributed by atoms with Gasteiger partial charge in [0, 0.05) is 5.56 Å². The number of hydrogen-bond donors (Lipinski definition) is 1. The Bertz CT molecular complexity index is 341. The maximum Gasteiger partial charge on any atom is 0.120 e. The minimum atomic E-state index is 0.303. The summed E-state index contributed by atoms with van der Waals surface area (Å²) in [6, 6.07) is 5.32. The highest BCUT2D eigenvalue weighted by atomic mass is 35.5. The van der Waals surface area contributed by atoms with Crippen LogP contribution in [0, 0.1) is 0 Å². The van der Waals surface area contributed by atoms with Crippen molar-refractivity contribution in [1.82, 2.24) is 0 Å². The van der Waals surface area contributed by atoms with Crippen molar-refractivity contribution in [2.45, 2.75) is 13.3 Å². The van der Waals surface area contributed by atoms with Gasteiger partial charge in [0.25, 0.3) is 0 Å². The van der Waals surface area contributed by atoms with E-state index in [2.05, 4.69) is 0 Å². The van der Waals surface area contributed by atoms with Crippen LogP contribution in [0.3, 0.4) is 0 Å². The summed E-state index contributed by atoms with van der Waals surface area (Å²) in [5, 5.41) is 0.533. The van der Waals surface area contributed by atoms with E-state index in [0.717, 1.165) is 12.2 Å². The van der Waals surface area contributed by atoms with Gasteiger partial charge < -0.3 is 10.5 Å². The van der Waals surface area contributed by atoms with Gasteiger partial charge in [0.15, 0.2) is 0 Å². The first-order valence-corrected chi connectivity index (χ1v) is 5.16. The Morgan fingerprint density at radius 3 is 2.79 bits per heavy atom. The molecular formula is C10H12ClNOS. The molecule has 0 bridgehead atoms. The number of hydrogen-bond acceptors (Lipinski definition) is 2. The van der Waals surface area contributed by atoms with E-state index in [4.69, 9.17) is 34.3 Å². The highest BCUT2D eigenvalue weighted by Crippen LogP contribution is 2.22. The van der Waals surface area contributed by atoms with Crippen LogP contribution in [-0.4, -0.2) is 11.6 Å². The second-order valence-electron chi connectivity index (χ2n) is 2.85. The lowest BCUT2D eigenvalue weighted by Crippen LogP contribution is -2.09. The van der Waals surface area contributed by atoms with Gasteiger partial charge >= 0.3 is 0 Å². The Kier molecular flexibility index (Phi) is 4.17. The fraction of sp³-hybridized carbons (Fsp3) is 0.300. The molecule has 2 N–H and O–H groups in total. The molecule has 0 spiro atoms. The first-order valence-electron chi connectivity index (χ1n) is 4.37. The van der Waals surface area contributed by atoms with Crippen molar-refractivity contribution in [2.24, 2.45) is 5.73 Å². The molecule has 14 heavy (non-hydrogen) atoms. The molecule has 0 saturated carbocycles. The van der Waals surface area contributed by atoms with Crippen LogP contribution in [0.5, 0.6) is 5.75 Å². The number of benzene rings is 1. The summed E-state index contributed by atoms with van der Waals surface area (Å²) in [6.07, 6.45) is 0.967. The highest BCUT2D eigenvalue weighted by molar-refractivity contribution is 7.80. The van der Waals surface area contributed by atoms with E-state index >= 15 is 0 Å². The quantitative estimate of drug-likeness (QED) is 0.807. The maximum absolute atomic E-state index is 5.96. The first kappa shape index (κ1) is 11.3. The largest absolute Gasteiger partial charge is 0.494 e. The molecule has 2 nitrogen and oxygen atoms in total. The van der Waals surface area contributed by atoms with E-state index in [1.54, 1.807) is 12.1 Å². The average Bonchev–Trinajstić information content (AvgIpc) is 2.14. The summed E-state index contributed by atoms with van der Waals surface area (Å²) in [5.74, 6) is 0.747. The lowest BCUT2D eigenvalue weighted by Gasteiger charge is -2.07. The van der Waals surface area contributed by atoms with Crippen LogP contribution in [-0.2, 0) is 0 Å². The molecular weight excluding hydrogens is 218 g/mol. The summed E-state index contributed by atoms with van der Waals surface area (Å²) in [4.78, 5) is 0.303. The van der Waals surface area contributed by atoms with Gasteiger partial charge in [0.05, 0.1) is 11.6 Å². The molecule has 0 heterocycles. The molecule has 76 valence electrons. The van der Waals surface area contributed by atoms with Crippen LogP contribution in [0.4, 0.5) is 0 Å². The monoisotopic (exact) mass is 229 g/mol. The van der Waals surface area contributed by atoms with Gasteiger partial charge in [0.2, 0.25) is 0 Å². The van der Waals surface area contributed by atoms with Gasteiger partial charge in [-0.1, -0.05) is 30.7 Å². The minimum absolute atomic E-state index is 0.303. The predicted molar refractivity (Wildman–Crippen MR) is 63.1 cm³/mol. The van der Waals surface area contributed by atoms with Crippen molar-refractivity contribution in [3.8, 4) is 5.75 Å². The number of rotatable bonds is 4. The third-order valence-corrected chi connectivity index (χ3v) is 2.21. The standard InChI is InChI=1S/C10H12ClNOS/c1-2-5-13-7-3-4-8(10(12)14)9(11)6-7/h3-4,6H,2,5H2,1H3,(H2,12,14). The van der Waals surface area contributed by atoms with Gasteiger partial charge in [-0.2, -0.15) is 0 Å². The van der Waals surface area contributed by atoms with Crippen molar-refractivity contribution < 1.29 is 4.74 Å². The van der Waals surface area contributed by atoms with Crippen molar-refractivity contribution in [1.29, 1.82) is 0 Å². The van der Waals surface area contributed by atoms with Gasteiger partial charge in [-0.3, -0.25) is 0 Å². The maximum atomic E-state index is 5.96. The molecule has 0 amide bonds. The molecule has 1 rings (SSSR count). The van der Waals surface area contributed by atoms with Crippen molar-refractivity contribution in [3.05, 3.63) is 28.8 Å². The van der Waals surface area contributed by atoms with Crippen LogP contribution in [0.2, 0.25) is 5.02 Å². The summed E-state index contributed by atoms with van der Waals surface area (Å²) in [6.45, 7) is 2.73. The van der Waals surface area contributed by atoms with Crippen LogP contribution in [0.25, 0.3) is 0 Å². The predicted octanol–water partition coefficient (Wildman–Crippen LogP) is 2.76. The fourth-order valence-electron chi connectivity index (χ4n) is 1.01. The Hall–Kier alpha value is -0.800. The third kappa shape index (κ3) is 2.86. The van der Waals surface area contributed by atoms with E-state index in [1.807, 2.05) is 13.0 Å². The zero-order valence-electron chi connectivity index (χ0n) is 7.92. The number of thiocarbonyl (C=S) groups is 1. The van der Waals surface area contributed by atoms with E-state index in [9.17, 15) is 0 Å². The molecule has 0 unspecified atom stereocenters. The second kappa shape index (κ2) is 5.17. The molecule has 1 aromatic rings. The summed E-state index contributed by atoms with van der Waals surface area (Å²) in [7, 11) is 0. The Morgan fingerprint density at radius 1 is 1.57 bits per heavy atom. The summed E-state index contributed by atoms with van der Waals surface area (Å²) < 4.78 is 5.40. The van der Waals surface area contributed by atoms with E-state index < -0.39 is 0 Å². The zero-order chi connectivity index (χ0) is 10.6. The van der Waals surface area contributed by atoms with Crippen molar-refractivity contribution in [2.75, 3.05) is 6.61 Å². The number of halogens is 1. The highest BCUT2D eigenvalue weighted by Gasteiger charge is 2.04. The van der Waals surface area contributed by atoms with Crippen molar-refractivity contribution >= 4 is 28.8 Å². The second-order valence-corrected chi connectivity index (χ2v) is 3.70.